The van der Waals surface area contributed by atoms with Gasteiger partial charge in [0.25, 0.3) is 0 Å². The summed E-state index contributed by atoms with van der Waals surface area (Å²) in [6.07, 6.45) is -1.02. The van der Waals surface area contributed by atoms with Crippen molar-refractivity contribution in [2.24, 2.45) is 0 Å². The minimum Gasteiger partial charge on any atom is -0.478 e. The van der Waals surface area contributed by atoms with Crippen LogP contribution >= 0.6 is 0 Å². The van der Waals surface area contributed by atoms with Crippen LogP contribution in [0.1, 0.15) is 39.3 Å². The van der Waals surface area contributed by atoms with Gasteiger partial charge in [-0.2, -0.15) is 0 Å². The van der Waals surface area contributed by atoms with Gasteiger partial charge < -0.3 is 15.3 Å². The van der Waals surface area contributed by atoms with E-state index < -0.39 is 18.0 Å². The van der Waals surface area contributed by atoms with Gasteiger partial charge in [0.1, 0.15) is 0 Å². The zero-order valence-corrected chi connectivity index (χ0v) is 7.97. The first-order valence-corrected chi connectivity index (χ1v) is 4.22. The Morgan fingerprint density at radius 2 is 1.80 bits per heavy atom. The third-order valence-electron chi connectivity index (χ3n) is 1.99. The lowest BCUT2D eigenvalue weighted by Gasteiger charge is -2.10. The normalized spacial score (nSPS) is 12.1. The van der Waals surface area contributed by atoms with Gasteiger partial charge in [-0.3, -0.25) is 0 Å². The molecule has 0 aliphatic rings. The highest BCUT2D eigenvalue weighted by molar-refractivity contribution is 6.02. The molecule has 5 heteroatoms. The van der Waals surface area contributed by atoms with Gasteiger partial charge in [-0.15, -0.1) is 0 Å². The van der Waals surface area contributed by atoms with Gasteiger partial charge in [0.05, 0.1) is 17.2 Å². The lowest BCUT2D eigenvalue weighted by molar-refractivity contribution is 0.0646. The van der Waals surface area contributed by atoms with Crippen LogP contribution in [0.4, 0.5) is 0 Å². The van der Waals surface area contributed by atoms with E-state index in [4.69, 9.17) is 10.2 Å². The van der Waals surface area contributed by atoms with E-state index in [0.717, 1.165) is 0 Å². The highest BCUT2D eigenvalue weighted by Gasteiger charge is 2.21. The molecule has 0 spiro atoms. The monoisotopic (exact) mass is 210 g/mol. The number of carboxylic acid groups (broad SMARTS) is 2. The van der Waals surface area contributed by atoms with E-state index >= 15 is 0 Å². The van der Waals surface area contributed by atoms with Crippen LogP contribution in [-0.2, 0) is 0 Å². The number of carbonyl (C=O) groups is 2. The molecule has 3 N–H and O–H groups in total. The molecule has 0 saturated carbocycles. The molecule has 15 heavy (non-hydrogen) atoms. The summed E-state index contributed by atoms with van der Waals surface area (Å²) in [5.41, 5.74) is -0.580. The molecule has 0 radical (unpaired) electrons. The maximum Gasteiger partial charge on any atom is 0.336 e. The number of hydrogen-bond acceptors (Lipinski definition) is 3. The third kappa shape index (κ3) is 2.13. The van der Waals surface area contributed by atoms with E-state index in [-0.39, 0.29) is 16.7 Å². The number of aromatic carboxylic acids is 2. The second kappa shape index (κ2) is 4.10. The highest BCUT2D eigenvalue weighted by atomic mass is 16.4. The molecule has 0 heterocycles. The van der Waals surface area contributed by atoms with E-state index in [1.807, 2.05) is 0 Å². The van der Waals surface area contributed by atoms with Crippen molar-refractivity contribution in [1.29, 1.82) is 0 Å². The average molecular weight is 210 g/mol. The first kappa shape index (κ1) is 11.2. The first-order valence-electron chi connectivity index (χ1n) is 4.22. The molecule has 0 saturated heterocycles. The average Bonchev–Trinajstić information content (AvgIpc) is 2.16. The van der Waals surface area contributed by atoms with Crippen molar-refractivity contribution >= 4 is 11.9 Å². The van der Waals surface area contributed by atoms with E-state index in [9.17, 15) is 14.7 Å². The maximum absolute atomic E-state index is 10.9. The summed E-state index contributed by atoms with van der Waals surface area (Å²) < 4.78 is 0. The zero-order valence-electron chi connectivity index (χ0n) is 7.97. The van der Waals surface area contributed by atoms with E-state index in [2.05, 4.69) is 0 Å². The van der Waals surface area contributed by atoms with Crippen LogP contribution in [0.5, 0.6) is 0 Å². The molecule has 0 aromatic heterocycles. The van der Waals surface area contributed by atoms with Gasteiger partial charge in [-0.25, -0.2) is 9.59 Å². The van der Waals surface area contributed by atoms with Gasteiger partial charge in [-0.05, 0) is 18.6 Å². The van der Waals surface area contributed by atoms with Crippen LogP contribution in [0.25, 0.3) is 0 Å². The number of hydrogen-bond donors (Lipinski definition) is 3. The standard InChI is InChI=1S/C10H10O5/c1-5(11)6-3-2-4-7(9(12)13)8(6)10(14)15/h2-5,11H,1H3,(H,12,13)(H,14,15). The number of aliphatic hydroxyl groups excluding tert-OH is 1. The fourth-order valence-electron chi connectivity index (χ4n) is 1.34. The Morgan fingerprint density at radius 3 is 2.20 bits per heavy atom. The molecular weight excluding hydrogens is 200 g/mol. The van der Waals surface area contributed by atoms with Gasteiger partial charge in [0.2, 0.25) is 0 Å². The van der Waals surface area contributed by atoms with E-state index in [1.54, 1.807) is 0 Å². The van der Waals surface area contributed by atoms with Crippen LogP contribution in [-0.4, -0.2) is 27.3 Å². The minimum atomic E-state index is -1.36. The first-order chi connectivity index (χ1) is 6.95. The summed E-state index contributed by atoms with van der Waals surface area (Å²) >= 11 is 0. The van der Waals surface area contributed by atoms with Gasteiger partial charge in [0.15, 0.2) is 0 Å². The Hall–Kier alpha value is -1.88. The van der Waals surface area contributed by atoms with Crippen LogP contribution in [0.2, 0.25) is 0 Å². The van der Waals surface area contributed by atoms with Crippen molar-refractivity contribution < 1.29 is 24.9 Å². The fourth-order valence-corrected chi connectivity index (χ4v) is 1.34. The summed E-state index contributed by atoms with van der Waals surface area (Å²) in [7, 11) is 0. The van der Waals surface area contributed by atoms with Crippen molar-refractivity contribution in [2.75, 3.05) is 0 Å². The van der Waals surface area contributed by atoms with Crippen LogP contribution in [0.15, 0.2) is 18.2 Å². The van der Waals surface area contributed by atoms with Crippen molar-refractivity contribution in [2.45, 2.75) is 13.0 Å². The maximum atomic E-state index is 10.9. The van der Waals surface area contributed by atoms with Crippen LogP contribution in [0.3, 0.4) is 0 Å². The summed E-state index contributed by atoms with van der Waals surface area (Å²) in [5, 5.41) is 26.9. The predicted molar refractivity (Wildman–Crippen MR) is 51.0 cm³/mol. The Labute approximate surface area is 85.6 Å². The lowest BCUT2D eigenvalue weighted by Crippen LogP contribution is -2.12. The van der Waals surface area contributed by atoms with Crippen molar-refractivity contribution in [3.63, 3.8) is 0 Å². The molecular formula is C10H10O5. The quantitative estimate of drug-likeness (QED) is 0.695. The van der Waals surface area contributed by atoms with Gasteiger partial charge in [-0.1, -0.05) is 12.1 Å². The molecule has 80 valence electrons. The lowest BCUT2D eigenvalue weighted by atomic mass is 9.98. The van der Waals surface area contributed by atoms with E-state index in [0.29, 0.717) is 0 Å². The predicted octanol–water partition coefficient (Wildman–Crippen LogP) is 1.14. The second-order valence-corrected chi connectivity index (χ2v) is 3.06. The molecule has 0 aliphatic heterocycles. The minimum absolute atomic E-state index is 0.0994. The van der Waals surface area contributed by atoms with Gasteiger partial charge >= 0.3 is 11.9 Å². The Morgan fingerprint density at radius 1 is 1.20 bits per heavy atom. The van der Waals surface area contributed by atoms with Gasteiger partial charge in [0, 0.05) is 0 Å². The third-order valence-corrected chi connectivity index (χ3v) is 1.99. The summed E-state index contributed by atoms with van der Waals surface area (Å²) in [6, 6.07) is 3.98. The molecule has 1 atom stereocenters. The van der Waals surface area contributed by atoms with Crippen molar-refractivity contribution in [3.8, 4) is 0 Å². The largest absolute Gasteiger partial charge is 0.478 e. The molecule has 0 bridgehead atoms. The summed E-state index contributed by atoms with van der Waals surface area (Å²) in [5.74, 6) is -2.68. The highest BCUT2D eigenvalue weighted by Crippen LogP contribution is 2.21. The number of carboxylic acids is 2. The molecule has 0 amide bonds. The Kier molecular flexibility index (Phi) is 3.06. The zero-order chi connectivity index (χ0) is 11.6. The van der Waals surface area contributed by atoms with Crippen LogP contribution < -0.4 is 0 Å². The molecule has 0 fully saturated rings. The number of aliphatic hydroxyl groups is 1. The summed E-state index contributed by atoms with van der Waals surface area (Å²) in [6.45, 7) is 1.38. The number of rotatable bonds is 3. The molecule has 0 aliphatic carbocycles. The molecule has 1 aromatic carbocycles. The van der Waals surface area contributed by atoms with Crippen molar-refractivity contribution in [1.82, 2.24) is 0 Å². The van der Waals surface area contributed by atoms with Crippen molar-refractivity contribution in [3.05, 3.63) is 34.9 Å². The van der Waals surface area contributed by atoms with E-state index in [1.165, 1.54) is 25.1 Å². The molecule has 5 nitrogen and oxygen atoms in total. The Bertz CT molecular complexity index is 408. The van der Waals surface area contributed by atoms with Crippen LogP contribution in [0, 0.1) is 0 Å². The molecule has 1 unspecified atom stereocenters. The summed E-state index contributed by atoms with van der Waals surface area (Å²) in [4.78, 5) is 21.6. The number of benzene rings is 1. The second-order valence-electron chi connectivity index (χ2n) is 3.06. The fraction of sp³-hybridized carbons (Fsp3) is 0.200. The Balaban J connectivity index is 3.48. The SMILES string of the molecule is CC(O)c1cccc(C(=O)O)c1C(=O)O. The molecule has 1 rings (SSSR count). The topological polar surface area (TPSA) is 94.8 Å². The smallest absolute Gasteiger partial charge is 0.336 e. The molecule has 1 aromatic rings.